The molecule has 3 heteroatoms. The minimum absolute atomic E-state index is 0.736. The maximum atomic E-state index is 9.49. The zero-order chi connectivity index (χ0) is 9.35. The van der Waals surface area contributed by atoms with Gasteiger partial charge in [-0.25, -0.2) is 0 Å². The van der Waals surface area contributed by atoms with E-state index in [0.717, 1.165) is 16.0 Å². The van der Waals surface area contributed by atoms with Crippen molar-refractivity contribution >= 4 is 10.6 Å². The number of hydrogen-bond donors (Lipinski definition) is 1. The molecule has 0 saturated carbocycles. The quantitative estimate of drug-likeness (QED) is 0.673. The molecule has 0 aliphatic carbocycles. The lowest BCUT2D eigenvalue weighted by Crippen LogP contribution is -1.95. The van der Waals surface area contributed by atoms with Crippen molar-refractivity contribution in [3.05, 3.63) is 29.3 Å². The maximum absolute atomic E-state index is 9.49. The Labute approximate surface area is 74.6 Å². The van der Waals surface area contributed by atoms with Gasteiger partial charge in [0.1, 0.15) is 4.90 Å². The van der Waals surface area contributed by atoms with Gasteiger partial charge in [-0.2, -0.15) is 0 Å². The molecule has 1 atom stereocenters. The molecule has 0 bridgehead atoms. The van der Waals surface area contributed by atoms with Gasteiger partial charge in [0.25, 0.3) is 0 Å². The molecule has 68 valence electrons. The third kappa shape index (κ3) is 2.24. The second kappa shape index (κ2) is 3.09. The van der Waals surface area contributed by atoms with Crippen LogP contribution in [-0.2, 0) is 0 Å². The summed E-state index contributed by atoms with van der Waals surface area (Å²) in [6, 6.07) is 5.78. The summed E-state index contributed by atoms with van der Waals surface area (Å²) in [7, 11) is -2.30. The highest BCUT2D eigenvalue weighted by atomic mass is 32.3. The molecule has 0 aromatic heterocycles. The Morgan fingerprint density at radius 3 is 1.92 bits per heavy atom. The number of benzene rings is 1. The van der Waals surface area contributed by atoms with Crippen molar-refractivity contribution in [1.29, 1.82) is 0 Å². The molecule has 1 unspecified atom stereocenters. The first-order valence-corrected chi connectivity index (χ1v) is 5.73. The first-order chi connectivity index (χ1) is 5.39. The summed E-state index contributed by atoms with van der Waals surface area (Å²) >= 11 is 0. The van der Waals surface area contributed by atoms with Crippen molar-refractivity contribution in [2.45, 2.75) is 18.7 Å². The fourth-order valence-electron chi connectivity index (χ4n) is 1.16. The van der Waals surface area contributed by atoms with Crippen LogP contribution >= 0.6 is 10.6 Å². The van der Waals surface area contributed by atoms with Crippen LogP contribution in [0.15, 0.2) is 23.1 Å². The van der Waals surface area contributed by atoms with E-state index < -0.39 is 10.6 Å². The summed E-state index contributed by atoms with van der Waals surface area (Å²) in [5, 5.41) is 0. The normalized spacial score (nSPS) is 18.4. The van der Waals surface area contributed by atoms with Gasteiger partial charge in [0.2, 0.25) is 0 Å². The highest BCUT2D eigenvalue weighted by molar-refractivity contribution is 8.23. The van der Waals surface area contributed by atoms with E-state index in [1.165, 1.54) is 0 Å². The van der Waals surface area contributed by atoms with E-state index in [4.69, 9.17) is 4.55 Å². The second-order valence-electron chi connectivity index (χ2n) is 3.20. The zero-order valence-corrected chi connectivity index (χ0v) is 8.40. The molecule has 0 aliphatic rings. The van der Waals surface area contributed by atoms with E-state index >= 15 is 0 Å². The monoisotopic (exact) mass is 187 g/mol. The Morgan fingerprint density at radius 1 is 1.17 bits per heavy atom. The van der Waals surface area contributed by atoms with Gasteiger partial charge < -0.3 is 4.55 Å². The smallest absolute Gasteiger partial charge is 0.101 e. The molecule has 1 aromatic rings. The topological polar surface area (TPSA) is 43.1 Å². The molecular formula is C9H15O2S+. The predicted octanol–water partition coefficient (Wildman–Crippen LogP) is 2.21. The van der Waals surface area contributed by atoms with Crippen LogP contribution in [0, 0.1) is 13.8 Å². The largest absolute Gasteiger partial charge is 0.324 e. The summed E-state index contributed by atoms with van der Waals surface area (Å²) in [5.74, 6) is 0. The van der Waals surface area contributed by atoms with Crippen LogP contribution in [0.4, 0.5) is 0 Å². The summed E-state index contributed by atoms with van der Waals surface area (Å²) < 4.78 is 17.0. The van der Waals surface area contributed by atoms with Gasteiger partial charge in [0.05, 0.1) is 6.26 Å². The van der Waals surface area contributed by atoms with Gasteiger partial charge in [-0.1, -0.05) is 16.7 Å². The highest BCUT2D eigenvalue weighted by Crippen LogP contribution is 2.44. The number of hydrogen-bond acceptors (Lipinski definition) is 1. The molecule has 0 radical (unpaired) electrons. The van der Waals surface area contributed by atoms with Gasteiger partial charge in [0.15, 0.2) is 0 Å². The van der Waals surface area contributed by atoms with Gasteiger partial charge in [-0.3, -0.25) is 4.55 Å². The van der Waals surface area contributed by atoms with Crippen LogP contribution in [-0.4, -0.2) is 15.4 Å². The summed E-state index contributed by atoms with van der Waals surface area (Å²) in [5.41, 5.74) is 2.20. The average Bonchev–Trinajstić information content (AvgIpc) is 1.82. The van der Waals surface area contributed by atoms with Gasteiger partial charge in [-0.15, -0.1) is 0 Å². The van der Waals surface area contributed by atoms with Crippen LogP contribution in [0.1, 0.15) is 11.1 Å². The Kier molecular flexibility index (Phi) is 2.46. The minimum Gasteiger partial charge on any atom is -0.324 e. The van der Waals surface area contributed by atoms with Crippen molar-refractivity contribution in [1.82, 2.24) is 0 Å². The molecular weight excluding hydrogens is 172 g/mol. The first kappa shape index (κ1) is 9.58. The van der Waals surface area contributed by atoms with Crippen molar-refractivity contribution < 1.29 is 9.11 Å². The highest BCUT2D eigenvalue weighted by Gasteiger charge is 2.12. The molecule has 0 spiro atoms. The second-order valence-corrected chi connectivity index (χ2v) is 5.42. The van der Waals surface area contributed by atoms with Crippen molar-refractivity contribution in [2.75, 3.05) is 6.26 Å². The van der Waals surface area contributed by atoms with Gasteiger partial charge >= 0.3 is 0 Å². The van der Waals surface area contributed by atoms with Crippen LogP contribution in [0.3, 0.4) is 0 Å². The molecule has 0 aliphatic heterocycles. The lowest BCUT2D eigenvalue weighted by Gasteiger charge is -2.22. The Morgan fingerprint density at radius 2 is 1.58 bits per heavy atom. The number of aryl methyl sites for hydroxylation is 2. The van der Waals surface area contributed by atoms with Crippen molar-refractivity contribution in [3.8, 4) is 0 Å². The third-order valence-corrected chi connectivity index (χ3v) is 2.81. The van der Waals surface area contributed by atoms with E-state index in [2.05, 4.69) is 0 Å². The molecule has 2 nitrogen and oxygen atoms in total. The zero-order valence-electron chi connectivity index (χ0n) is 7.59. The fourth-order valence-corrected chi connectivity index (χ4v) is 1.99. The fraction of sp³-hybridized carbons (Fsp3) is 0.333. The molecule has 0 amide bonds. The third-order valence-electron chi connectivity index (χ3n) is 1.65. The SMILES string of the molecule is Cc1cc(C)cc(S(C)(O)[OH2+])c1. The lowest BCUT2D eigenvalue weighted by molar-refractivity contribution is 0.495. The molecule has 3 N–H and O–H groups in total. The minimum atomic E-state index is -2.30. The molecule has 0 saturated heterocycles. The number of rotatable bonds is 1. The Bertz CT molecular complexity index is 269. The van der Waals surface area contributed by atoms with E-state index in [-0.39, 0.29) is 0 Å². The molecule has 12 heavy (non-hydrogen) atoms. The maximum Gasteiger partial charge on any atom is 0.101 e. The van der Waals surface area contributed by atoms with Crippen molar-refractivity contribution in [3.63, 3.8) is 0 Å². The molecule has 1 aromatic carbocycles. The van der Waals surface area contributed by atoms with Crippen LogP contribution < -0.4 is 0 Å². The Balaban J connectivity index is 3.18. The molecule has 1 rings (SSSR count). The van der Waals surface area contributed by atoms with Crippen LogP contribution in [0.2, 0.25) is 0 Å². The average molecular weight is 187 g/mol. The molecule has 0 fully saturated rings. The van der Waals surface area contributed by atoms with Crippen molar-refractivity contribution in [2.24, 2.45) is 0 Å². The van der Waals surface area contributed by atoms with E-state index in [1.54, 1.807) is 6.26 Å². The first-order valence-electron chi connectivity index (χ1n) is 3.73. The Hall–Kier alpha value is -0.510. The van der Waals surface area contributed by atoms with Crippen LogP contribution in [0.5, 0.6) is 0 Å². The summed E-state index contributed by atoms with van der Waals surface area (Å²) in [6.45, 7) is 3.95. The summed E-state index contributed by atoms with van der Waals surface area (Å²) in [6.07, 6.45) is 1.56. The predicted molar refractivity (Wildman–Crippen MR) is 53.9 cm³/mol. The standard InChI is InChI=1S/C9H14O2S/c1-7-4-8(2)6-9(5-7)12(3,10)11/h4-6,10-11H,1-3H3/p+1. The molecule has 0 heterocycles. The lowest BCUT2D eigenvalue weighted by atomic mass is 10.2. The van der Waals surface area contributed by atoms with E-state index in [9.17, 15) is 4.55 Å². The van der Waals surface area contributed by atoms with E-state index in [0.29, 0.717) is 0 Å². The summed E-state index contributed by atoms with van der Waals surface area (Å²) in [4.78, 5) is 0.736. The van der Waals surface area contributed by atoms with Crippen LogP contribution in [0.25, 0.3) is 0 Å². The van der Waals surface area contributed by atoms with E-state index in [1.807, 2.05) is 32.0 Å². The van der Waals surface area contributed by atoms with Gasteiger partial charge in [0, 0.05) is 0 Å². The van der Waals surface area contributed by atoms with Gasteiger partial charge in [-0.05, 0) is 37.1 Å².